The van der Waals surface area contributed by atoms with Crippen LogP contribution in [-0.4, -0.2) is 74.5 Å². The molecule has 1 aliphatic rings. The van der Waals surface area contributed by atoms with Crippen molar-refractivity contribution >= 4 is 11.9 Å². The van der Waals surface area contributed by atoms with Gasteiger partial charge in [-0.05, 0) is 26.9 Å². The van der Waals surface area contributed by atoms with E-state index in [1.165, 1.54) is 10.9 Å². The summed E-state index contributed by atoms with van der Waals surface area (Å²) in [6, 6.07) is 0.137. The van der Waals surface area contributed by atoms with Gasteiger partial charge in [0.15, 0.2) is 5.69 Å². The molecule has 1 unspecified atom stereocenters. The average Bonchev–Trinajstić information content (AvgIpc) is 2.75. The maximum Gasteiger partial charge on any atom is 0.358 e. The van der Waals surface area contributed by atoms with Crippen molar-refractivity contribution in [2.75, 3.05) is 26.7 Å². The van der Waals surface area contributed by atoms with Crippen LogP contribution in [0.1, 0.15) is 23.8 Å². The van der Waals surface area contributed by atoms with Gasteiger partial charge in [-0.15, -0.1) is 5.10 Å². The third-order valence-corrected chi connectivity index (χ3v) is 3.42. The molecule has 0 aromatic carbocycles. The second-order valence-electron chi connectivity index (χ2n) is 5.16. The second kappa shape index (κ2) is 6.00. The van der Waals surface area contributed by atoms with Crippen LogP contribution < -0.4 is 0 Å². The molecule has 0 saturated carbocycles. The first kappa shape index (κ1) is 14.4. The highest BCUT2D eigenvalue weighted by molar-refractivity contribution is 5.84. The average molecular weight is 281 g/mol. The molecule has 0 spiro atoms. The molecule has 1 aromatic rings. The molecule has 1 N–H and O–H groups in total. The number of amides is 1. The monoisotopic (exact) mass is 281 g/mol. The van der Waals surface area contributed by atoms with Gasteiger partial charge in [0.25, 0.3) is 0 Å². The lowest BCUT2D eigenvalue weighted by Gasteiger charge is -2.27. The molecule has 8 nitrogen and oxygen atoms in total. The van der Waals surface area contributed by atoms with E-state index >= 15 is 0 Å². The number of nitrogens with zero attached hydrogens (tertiary/aromatic N) is 5. The van der Waals surface area contributed by atoms with E-state index < -0.39 is 5.97 Å². The molecule has 2 heterocycles. The summed E-state index contributed by atoms with van der Waals surface area (Å²) in [5, 5.41) is 15.9. The number of carboxylic acids is 1. The van der Waals surface area contributed by atoms with Gasteiger partial charge in [0.05, 0.1) is 6.20 Å². The van der Waals surface area contributed by atoms with Crippen LogP contribution in [0.3, 0.4) is 0 Å². The second-order valence-corrected chi connectivity index (χ2v) is 5.16. The van der Waals surface area contributed by atoms with Crippen molar-refractivity contribution < 1.29 is 14.7 Å². The van der Waals surface area contributed by atoms with E-state index in [2.05, 4.69) is 15.2 Å². The summed E-state index contributed by atoms with van der Waals surface area (Å²) in [4.78, 5) is 27.0. The van der Waals surface area contributed by atoms with Crippen LogP contribution in [0.15, 0.2) is 6.20 Å². The fourth-order valence-electron chi connectivity index (χ4n) is 2.45. The van der Waals surface area contributed by atoms with E-state index in [0.29, 0.717) is 6.54 Å². The summed E-state index contributed by atoms with van der Waals surface area (Å²) in [5.41, 5.74) is -0.151. The molecule has 2 rings (SSSR count). The van der Waals surface area contributed by atoms with Crippen molar-refractivity contribution in [3.05, 3.63) is 11.9 Å². The lowest BCUT2D eigenvalue weighted by Crippen LogP contribution is -2.43. The quantitative estimate of drug-likeness (QED) is 0.805. The van der Waals surface area contributed by atoms with Crippen LogP contribution in [0.25, 0.3) is 0 Å². The number of likely N-dealkylation sites (N-methyl/N-ethyl adjacent to an activating group) is 1. The largest absolute Gasteiger partial charge is 0.476 e. The summed E-state index contributed by atoms with van der Waals surface area (Å²) >= 11 is 0. The lowest BCUT2D eigenvalue weighted by atomic mass is 10.2. The van der Waals surface area contributed by atoms with Crippen molar-refractivity contribution in [2.45, 2.75) is 25.9 Å². The van der Waals surface area contributed by atoms with Crippen molar-refractivity contribution in [2.24, 2.45) is 0 Å². The molecule has 0 bridgehead atoms. The molecular formula is C12H19N5O3. The zero-order chi connectivity index (χ0) is 14.7. The van der Waals surface area contributed by atoms with Crippen molar-refractivity contribution in [1.29, 1.82) is 0 Å². The highest BCUT2D eigenvalue weighted by atomic mass is 16.4. The number of carbonyl (C=O) groups excluding carboxylic acids is 1. The lowest BCUT2D eigenvalue weighted by molar-refractivity contribution is -0.133. The Hall–Kier alpha value is -1.96. The summed E-state index contributed by atoms with van der Waals surface area (Å²) in [6.07, 6.45) is 2.21. The smallest absolute Gasteiger partial charge is 0.358 e. The molecular weight excluding hydrogens is 262 g/mol. The topological polar surface area (TPSA) is 91.6 Å². The summed E-state index contributed by atoms with van der Waals surface area (Å²) < 4.78 is 1.27. The van der Waals surface area contributed by atoms with E-state index in [-0.39, 0.29) is 24.2 Å². The van der Waals surface area contributed by atoms with Crippen LogP contribution >= 0.6 is 0 Å². The zero-order valence-electron chi connectivity index (χ0n) is 11.7. The number of aromatic carboxylic acids is 1. The van der Waals surface area contributed by atoms with Gasteiger partial charge in [0.2, 0.25) is 5.91 Å². The Morgan fingerprint density at radius 1 is 1.45 bits per heavy atom. The zero-order valence-corrected chi connectivity index (χ0v) is 11.7. The van der Waals surface area contributed by atoms with Crippen LogP contribution in [0.5, 0.6) is 0 Å². The maximum atomic E-state index is 12.3. The fraction of sp³-hybridized carbons (Fsp3) is 0.667. The minimum Gasteiger partial charge on any atom is -0.476 e. The van der Waals surface area contributed by atoms with E-state index in [1.54, 1.807) is 0 Å². The Kier molecular flexibility index (Phi) is 4.33. The number of hydrogen-bond acceptors (Lipinski definition) is 5. The van der Waals surface area contributed by atoms with E-state index in [4.69, 9.17) is 5.11 Å². The maximum absolute atomic E-state index is 12.3. The fourth-order valence-corrected chi connectivity index (χ4v) is 2.45. The molecule has 1 aliphatic heterocycles. The van der Waals surface area contributed by atoms with Crippen LogP contribution in [-0.2, 0) is 11.3 Å². The van der Waals surface area contributed by atoms with Gasteiger partial charge < -0.3 is 14.9 Å². The predicted molar refractivity (Wildman–Crippen MR) is 70.3 cm³/mol. The van der Waals surface area contributed by atoms with E-state index in [1.807, 2.05) is 18.9 Å². The molecule has 0 aliphatic carbocycles. The summed E-state index contributed by atoms with van der Waals surface area (Å²) in [7, 11) is 2.04. The van der Waals surface area contributed by atoms with Crippen molar-refractivity contribution in [3.63, 3.8) is 0 Å². The number of aromatic nitrogens is 3. The number of hydrogen-bond donors (Lipinski definition) is 1. The Morgan fingerprint density at radius 3 is 2.85 bits per heavy atom. The highest BCUT2D eigenvalue weighted by Gasteiger charge is 2.24. The van der Waals surface area contributed by atoms with Gasteiger partial charge in [-0.1, -0.05) is 5.21 Å². The Balaban J connectivity index is 2.01. The molecule has 1 aromatic heterocycles. The molecule has 20 heavy (non-hydrogen) atoms. The SMILES string of the molecule is CC1CN(C)CCCN1C(=O)Cn1cc(C(=O)O)nn1. The first-order valence-electron chi connectivity index (χ1n) is 6.59. The summed E-state index contributed by atoms with van der Waals surface area (Å²) in [5.74, 6) is -1.21. The van der Waals surface area contributed by atoms with Gasteiger partial charge >= 0.3 is 5.97 Å². The summed E-state index contributed by atoms with van der Waals surface area (Å²) in [6.45, 7) is 4.56. The van der Waals surface area contributed by atoms with Crippen LogP contribution in [0, 0.1) is 0 Å². The first-order valence-corrected chi connectivity index (χ1v) is 6.59. The van der Waals surface area contributed by atoms with E-state index in [9.17, 15) is 9.59 Å². The first-order chi connectivity index (χ1) is 9.47. The Labute approximate surface area is 117 Å². The molecule has 1 saturated heterocycles. The molecule has 1 fully saturated rings. The Bertz CT molecular complexity index is 501. The van der Waals surface area contributed by atoms with Crippen molar-refractivity contribution in [1.82, 2.24) is 24.8 Å². The van der Waals surface area contributed by atoms with Crippen LogP contribution in [0.2, 0.25) is 0 Å². The molecule has 8 heteroatoms. The number of carbonyl (C=O) groups is 2. The van der Waals surface area contributed by atoms with Gasteiger partial charge in [0.1, 0.15) is 6.54 Å². The molecule has 1 amide bonds. The number of rotatable bonds is 3. The minimum atomic E-state index is -1.14. The molecule has 1 atom stereocenters. The molecule has 0 radical (unpaired) electrons. The standard InChI is InChI=1S/C12H19N5O3/c1-9-6-15(2)4-3-5-17(9)11(18)8-16-7-10(12(19)20)13-14-16/h7,9H,3-6,8H2,1-2H3,(H,19,20). The third kappa shape index (κ3) is 3.32. The van der Waals surface area contributed by atoms with Crippen molar-refractivity contribution in [3.8, 4) is 0 Å². The van der Waals surface area contributed by atoms with Gasteiger partial charge in [-0.25, -0.2) is 9.48 Å². The molecule has 110 valence electrons. The van der Waals surface area contributed by atoms with Gasteiger partial charge in [-0.3, -0.25) is 4.79 Å². The predicted octanol–water partition coefficient (Wildman–Crippen LogP) is -0.471. The normalized spacial score (nSPS) is 20.7. The third-order valence-electron chi connectivity index (χ3n) is 3.42. The van der Waals surface area contributed by atoms with E-state index in [0.717, 1.165) is 19.5 Å². The Morgan fingerprint density at radius 2 is 2.20 bits per heavy atom. The van der Waals surface area contributed by atoms with Gasteiger partial charge in [-0.2, -0.15) is 0 Å². The minimum absolute atomic E-state index is 0.0222. The highest BCUT2D eigenvalue weighted by Crippen LogP contribution is 2.09. The van der Waals surface area contributed by atoms with Gasteiger partial charge in [0, 0.05) is 19.1 Å². The van der Waals surface area contributed by atoms with Crippen LogP contribution in [0.4, 0.5) is 0 Å². The number of carboxylic acid groups (broad SMARTS) is 1.